The van der Waals surface area contributed by atoms with Crippen LogP contribution in [0.1, 0.15) is 6.92 Å². The van der Waals surface area contributed by atoms with Gasteiger partial charge >= 0.3 is 0 Å². The molecule has 0 aromatic carbocycles. The number of halogens is 1. The zero-order valence-electron chi connectivity index (χ0n) is 8.32. The van der Waals surface area contributed by atoms with Crippen molar-refractivity contribution in [2.75, 3.05) is 14.2 Å². The highest BCUT2D eigenvalue weighted by Gasteiger charge is 2.14. The minimum atomic E-state index is -0.911. The maximum absolute atomic E-state index is 13.0. The van der Waals surface area contributed by atoms with Crippen molar-refractivity contribution in [2.24, 2.45) is 9.98 Å². The van der Waals surface area contributed by atoms with Crippen LogP contribution >= 0.6 is 0 Å². The van der Waals surface area contributed by atoms with Crippen LogP contribution in [-0.4, -0.2) is 38.2 Å². The number of carbonyl (C=O) groups is 1. The van der Waals surface area contributed by atoms with Gasteiger partial charge in [-0.1, -0.05) is 0 Å². The third kappa shape index (κ3) is 3.44. The smallest absolute Gasteiger partial charge is 0.274 e. The molecule has 5 nitrogen and oxygen atoms in total. The zero-order valence-corrected chi connectivity index (χ0v) is 8.32. The van der Waals surface area contributed by atoms with E-state index in [1.165, 1.54) is 21.1 Å². The van der Waals surface area contributed by atoms with Crippen LogP contribution in [0.25, 0.3) is 0 Å². The maximum Gasteiger partial charge on any atom is 0.277 e. The lowest BCUT2D eigenvalue weighted by Crippen LogP contribution is -2.26. The number of nitrogens with zero attached hydrogens (tertiary/aromatic N) is 3. The molecule has 0 saturated carbocycles. The molecule has 0 aliphatic carbocycles. The molecule has 0 rings (SSSR count). The monoisotopic (exact) mass is 201 g/mol. The van der Waals surface area contributed by atoms with Gasteiger partial charge in [-0.25, -0.2) is 10.1 Å². The average molecular weight is 201 g/mol. The van der Waals surface area contributed by atoms with Gasteiger partial charge in [-0.15, -0.1) is 0 Å². The molecule has 14 heavy (non-hydrogen) atoms. The molecular formula is C8H12FN3O2. The number of hydrogen-bond acceptors (Lipinski definition) is 3. The first-order chi connectivity index (χ1) is 6.54. The first-order valence-electron chi connectivity index (χ1n) is 3.71. The maximum atomic E-state index is 13.0. The summed E-state index contributed by atoms with van der Waals surface area (Å²) in [6.45, 7) is 4.38. The average Bonchev–Trinajstić information content (AvgIpc) is 2.22. The van der Waals surface area contributed by atoms with Crippen molar-refractivity contribution in [2.45, 2.75) is 6.92 Å². The summed E-state index contributed by atoms with van der Waals surface area (Å²) >= 11 is 0. The van der Waals surface area contributed by atoms with Crippen LogP contribution < -0.4 is 0 Å². The van der Waals surface area contributed by atoms with Gasteiger partial charge in [0.2, 0.25) is 5.95 Å². The number of hydrogen-bond donors (Lipinski definition) is 0. The summed E-state index contributed by atoms with van der Waals surface area (Å²) < 4.78 is 13.0. The Morgan fingerprint density at radius 1 is 1.64 bits per heavy atom. The van der Waals surface area contributed by atoms with Gasteiger partial charge in [-0.05, 0) is 13.6 Å². The van der Waals surface area contributed by atoms with Gasteiger partial charge in [0.1, 0.15) is 6.34 Å². The third-order valence-corrected chi connectivity index (χ3v) is 1.44. The Morgan fingerprint density at radius 2 is 2.21 bits per heavy atom. The quantitative estimate of drug-likeness (QED) is 0.223. The fourth-order valence-electron chi connectivity index (χ4n) is 0.596. The lowest BCUT2D eigenvalue weighted by molar-refractivity contribution is -0.164. The highest BCUT2D eigenvalue weighted by molar-refractivity contribution is 5.92. The van der Waals surface area contributed by atoms with Gasteiger partial charge in [0, 0.05) is 7.05 Å². The van der Waals surface area contributed by atoms with Gasteiger partial charge in [0.05, 0.1) is 12.7 Å². The molecule has 78 valence electrons. The molecule has 1 amide bonds. The van der Waals surface area contributed by atoms with Crippen LogP contribution in [0.5, 0.6) is 0 Å². The summed E-state index contributed by atoms with van der Waals surface area (Å²) in [5, 5.41) is 0.895. The molecule has 0 saturated heterocycles. The zero-order chi connectivity index (χ0) is 11.1. The summed E-state index contributed by atoms with van der Waals surface area (Å²) in [6, 6.07) is 0. The number of rotatable bonds is 4. The Morgan fingerprint density at radius 3 is 2.64 bits per heavy atom. The molecule has 6 heteroatoms. The highest BCUT2D eigenvalue weighted by atomic mass is 19.1. The summed E-state index contributed by atoms with van der Waals surface area (Å²) in [5.41, 5.74) is -0.158. The molecule has 0 atom stereocenters. The van der Waals surface area contributed by atoms with Crippen LogP contribution in [0.2, 0.25) is 0 Å². The molecule has 0 fully saturated rings. The highest BCUT2D eigenvalue weighted by Crippen LogP contribution is 2.09. The molecule has 0 spiro atoms. The van der Waals surface area contributed by atoms with Crippen molar-refractivity contribution >= 4 is 19.0 Å². The predicted molar refractivity (Wildman–Crippen MR) is 51.6 cm³/mol. The van der Waals surface area contributed by atoms with Crippen LogP contribution in [0.3, 0.4) is 0 Å². The third-order valence-electron chi connectivity index (χ3n) is 1.44. The predicted octanol–water partition coefficient (Wildman–Crippen LogP) is 0.936. The van der Waals surface area contributed by atoms with E-state index < -0.39 is 11.9 Å². The first-order valence-corrected chi connectivity index (χ1v) is 3.71. The fraction of sp³-hybridized carbons (Fsp3) is 0.375. The Bertz CT molecular complexity index is 286. The molecule has 0 aromatic rings. The van der Waals surface area contributed by atoms with Gasteiger partial charge < -0.3 is 0 Å². The van der Waals surface area contributed by atoms with Gasteiger partial charge in [-0.3, -0.25) is 14.6 Å². The van der Waals surface area contributed by atoms with E-state index in [0.29, 0.717) is 0 Å². The molecule has 0 radical (unpaired) electrons. The molecule has 0 aromatic heterocycles. The van der Waals surface area contributed by atoms with Crippen LogP contribution in [0.4, 0.5) is 4.39 Å². The second-order valence-corrected chi connectivity index (χ2v) is 2.33. The molecule has 0 heterocycles. The second-order valence-electron chi connectivity index (χ2n) is 2.33. The molecule has 0 aliphatic heterocycles. The van der Waals surface area contributed by atoms with Crippen LogP contribution in [0.15, 0.2) is 21.5 Å². The van der Waals surface area contributed by atoms with E-state index in [9.17, 15) is 9.18 Å². The number of hydroxylamine groups is 2. The van der Waals surface area contributed by atoms with Crippen molar-refractivity contribution < 1.29 is 14.0 Å². The standard InChI is InChI=1S/C8H12FN3O2/c1-6(7(9)11-5-10-2)8(13)12(3)14-4/h5H,2H2,1,3-4H3/b7-6+,11-5?. The van der Waals surface area contributed by atoms with Crippen LogP contribution in [0, 0.1) is 0 Å². The topological polar surface area (TPSA) is 54.3 Å². The largest absolute Gasteiger partial charge is 0.277 e. The van der Waals surface area contributed by atoms with E-state index in [0.717, 1.165) is 11.4 Å². The summed E-state index contributed by atoms with van der Waals surface area (Å²) in [5.74, 6) is -1.52. The Kier molecular flexibility index (Phi) is 5.31. The van der Waals surface area contributed by atoms with Crippen molar-refractivity contribution in [1.29, 1.82) is 0 Å². The van der Waals surface area contributed by atoms with E-state index >= 15 is 0 Å². The number of amides is 1. The number of aliphatic imine (C=N–C) groups is 2. The molecular weight excluding hydrogens is 189 g/mol. The molecule has 0 N–H and O–H groups in total. The summed E-state index contributed by atoms with van der Waals surface area (Å²) in [7, 11) is 2.67. The van der Waals surface area contributed by atoms with E-state index in [1.54, 1.807) is 0 Å². The lowest BCUT2D eigenvalue weighted by atomic mass is 10.3. The summed E-state index contributed by atoms with van der Waals surface area (Å²) in [4.78, 5) is 22.3. The fourth-order valence-corrected chi connectivity index (χ4v) is 0.596. The molecule has 0 unspecified atom stereocenters. The molecule has 0 aliphatic rings. The summed E-state index contributed by atoms with van der Waals surface area (Å²) in [6.07, 6.45) is 0.916. The van der Waals surface area contributed by atoms with Crippen molar-refractivity contribution in [3.05, 3.63) is 11.5 Å². The SMILES string of the molecule is C=NC=N/C(F)=C(\C)C(=O)N(C)OC. The van der Waals surface area contributed by atoms with Gasteiger partial charge in [0.15, 0.2) is 0 Å². The van der Waals surface area contributed by atoms with Crippen LogP contribution in [-0.2, 0) is 9.63 Å². The van der Waals surface area contributed by atoms with E-state index in [4.69, 9.17) is 0 Å². The normalized spacial score (nSPS) is 12.6. The Labute approximate surface area is 81.5 Å². The lowest BCUT2D eigenvalue weighted by Gasteiger charge is -2.13. The number of likely N-dealkylation sites (N-methyl/N-ethyl adjacent to an activating group) is 1. The Balaban J connectivity index is 4.72. The minimum absolute atomic E-state index is 0.158. The first kappa shape index (κ1) is 12.4. The van der Waals surface area contributed by atoms with Gasteiger partial charge in [0.25, 0.3) is 5.91 Å². The molecule has 0 bridgehead atoms. The van der Waals surface area contributed by atoms with Crippen molar-refractivity contribution in [3.63, 3.8) is 0 Å². The number of carbonyl (C=O) groups excluding carboxylic acids is 1. The van der Waals surface area contributed by atoms with E-state index in [1.807, 2.05) is 0 Å². The Hall–Kier alpha value is -1.56. The van der Waals surface area contributed by atoms with Crippen molar-refractivity contribution in [1.82, 2.24) is 5.06 Å². The van der Waals surface area contributed by atoms with E-state index in [-0.39, 0.29) is 5.57 Å². The van der Waals surface area contributed by atoms with Gasteiger partial charge in [-0.2, -0.15) is 4.39 Å². The van der Waals surface area contributed by atoms with Crippen molar-refractivity contribution in [3.8, 4) is 0 Å². The minimum Gasteiger partial charge on any atom is -0.274 e. The van der Waals surface area contributed by atoms with E-state index in [2.05, 4.69) is 21.5 Å². The second kappa shape index (κ2) is 5.98.